The Morgan fingerprint density at radius 3 is 2.12 bits per heavy atom. The number of piperazine rings is 1. The number of anilines is 3. The lowest BCUT2D eigenvalue weighted by Gasteiger charge is -2.37. The van der Waals surface area contributed by atoms with Gasteiger partial charge in [-0.25, -0.2) is 4.79 Å². The van der Waals surface area contributed by atoms with Crippen LogP contribution < -0.4 is 16.4 Å². The van der Waals surface area contributed by atoms with Crippen LogP contribution in [-0.4, -0.2) is 42.2 Å². The highest BCUT2D eigenvalue weighted by atomic mass is 16.4. The van der Waals surface area contributed by atoms with Gasteiger partial charge in [0.25, 0.3) is 0 Å². The smallest absolute Gasteiger partial charge is 0.335 e. The fraction of sp³-hybridized carbons (Fsp3) is 0.278. The normalized spacial score (nSPS) is 15.4. The first-order valence-corrected chi connectivity index (χ1v) is 7.98. The van der Waals surface area contributed by atoms with Crippen LogP contribution in [0.5, 0.6) is 0 Å². The van der Waals surface area contributed by atoms with E-state index >= 15 is 0 Å². The molecule has 1 fully saturated rings. The summed E-state index contributed by atoms with van der Waals surface area (Å²) in [7, 11) is 0. The number of carboxylic acids is 1. The molecule has 0 atom stereocenters. The van der Waals surface area contributed by atoms with E-state index in [0.717, 1.165) is 38.4 Å². The molecule has 24 heavy (non-hydrogen) atoms. The monoisotopic (exact) mass is 326 g/mol. The third kappa shape index (κ3) is 3.44. The van der Waals surface area contributed by atoms with Crippen LogP contribution in [0.3, 0.4) is 0 Å². The molecule has 2 aromatic rings. The van der Waals surface area contributed by atoms with Gasteiger partial charge in [-0.3, -0.25) is 4.90 Å². The van der Waals surface area contributed by atoms with Crippen LogP contribution in [0, 0.1) is 0 Å². The molecule has 3 rings (SSSR count). The lowest BCUT2D eigenvalue weighted by atomic mass is 10.1. The minimum Gasteiger partial charge on any atom is -0.478 e. The molecule has 2 aromatic carbocycles. The molecular formula is C18H22N4O2. The lowest BCUT2D eigenvalue weighted by molar-refractivity contribution is 0.0697. The minimum absolute atomic E-state index is 0.122. The van der Waals surface area contributed by atoms with Crippen molar-refractivity contribution in [2.45, 2.75) is 6.54 Å². The van der Waals surface area contributed by atoms with E-state index in [9.17, 15) is 4.79 Å². The van der Waals surface area contributed by atoms with Crippen LogP contribution >= 0.6 is 0 Å². The van der Waals surface area contributed by atoms with E-state index < -0.39 is 5.97 Å². The number of carboxylic acid groups (broad SMARTS) is 1. The van der Waals surface area contributed by atoms with Gasteiger partial charge in [-0.05, 0) is 17.7 Å². The maximum atomic E-state index is 11.1. The minimum atomic E-state index is -1.02. The summed E-state index contributed by atoms with van der Waals surface area (Å²) >= 11 is 0. The third-order valence-corrected chi connectivity index (χ3v) is 4.35. The van der Waals surface area contributed by atoms with Crippen LogP contribution in [0.25, 0.3) is 0 Å². The Hall–Kier alpha value is -2.73. The first-order valence-electron chi connectivity index (χ1n) is 7.98. The van der Waals surface area contributed by atoms with Crippen molar-refractivity contribution in [2.75, 3.05) is 42.5 Å². The number of benzene rings is 2. The number of carbonyl (C=O) groups is 1. The molecule has 126 valence electrons. The Bertz CT molecular complexity index is 702. The second-order valence-corrected chi connectivity index (χ2v) is 6.06. The van der Waals surface area contributed by atoms with Gasteiger partial charge < -0.3 is 21.5 Å². The maximum Gasteiger partial charge on any atom is 0.335 e. The predicted molar refractivity (Wildman–Crippen MR) is 96.2 cm³/mol. The summed E-state index contributed by atoms with van der Waals surface area (Å²) in [5.74, 6) is -1.02. The highest BCUT2D eigenvalue weighted by molar-refractivity contribution is 5.94. The number of rotatable bonds is 4. The number of hydrogen-bond donors (Lipinski definition) is 3. The largest absolute Gasteiger partial charge is 0.478 e. The summed E-state index contributed by atoms with van der Waals surface area (Å²) in [5, 5.41) is 9.08. The van der Waals surface area contributed by atoms with Gasteiger partial charge in [0, 0.05) is 32.7 Å². The first-order chi connectivity index (χ1) is 11.5. The van der Waals surface area contributed by atoms with Gasteiger partial charge in [-0.1, -0.05) is 30.3 Å². The van der Waals surface area contributed by atoms with Gasteiger partial charge >= 0.3 is 5.97 Å². The Labute approximate surface area is 141 Å². The number of hydrogen-bond acceptors (Lipinski definition) is 5. The molecule has 0 amide bonds. The van der Waals surface area contributed by atoms with Crippen molar-refractivity contribution in [3.8, 4) is 0 Å². The van der Waals surface area contributed by atoms with Crippen LogP contribution in [0.15, 0.2) is 42.5 Å². The summed E-state index contributed by atoms with van der Waals surface area (Å²) in [6, 6.07) is 13.3. The highest BCUT2D eigenvalue weighted by Gasteiger charge is 2.21. The van der Waals surface area contributed by atoms with Crippen molar-refractivity contribution in [1.82, 2.24) is 4.90 Å². The van der Waals surface area contributed by atoms with E-state index in [0.29, 0.717) is 11.4 Å². The Morgan fingerprint density at radius 2 is 1.58 bits per heavy atom. The molecule has 0 aromatic heterocycles. The van der Waals surface area contributed by atoms with Gasteiger partial charge in [0.2, 0.25) is 0 Å². The van der Waals surface area contributed by atoms with Crippen molar-refractivity contribution in [1.29, 1.82) is 0 Å². The first kappa shape index (κ1) is 16.1. The molecule has 6 heteroatoms. The summed E-state index contributed by atoms with van der Waals surface area (Å²) in [4.78, 5) is 15.6. The van der Waals surface area contributed by atoms with Gasteiger partial charge in [0.15, 0.2) is 0 Å². The van der Waals surface area contributed by atoms with E-state index in [2.05, 4.69) is 34.1 Å². The van der Waals surface area contributed by atoms with E-state index in [1.165, 1.54) is 17.7 Å². The third-order valence-electron chi connectivity index (χ3n) is 4.35. The van der Waals surface area contributed by atoms with E-state index in [-0.39, 0.29) is 5.56 Å². The Morgan fingerprint density at radius 1 is 1.00 bits per heavy atom. The molecule has 0 saturated carbocycles. The van der Waals surface area contributed by atoms with Crippen molar-refractivity contribution in [3.63, 3.8) is 0 Å². The van der Waals surface area contributed by atoms with Crippen LogP contribution in [0.4, 0.5) is 17.1 Å². The fourth-order valence-corrected chi connectivity index (χ4v) is 3.14. The maximum absolute atomic E-state index is 11.1. The average molecular weight is 326 g/mol. The van der Waals surface area contributed by atoms with Gasteiger partial charge in [-0.15, -0.1) is 0 Å². The fourth-order valence-electron chi connectivity index (χ4n) is 3.14. The SMILES string of the molecule is Nc1cc(C(=O)O)cc(N)c1N1CCN(Cc2ccccc2)CC1. The molecular weight excluding hydrogens is 304 g/mol. The quantitative estimate of drug-likeness (QED) is 0.742. The molecule has 0 spiro atoms. The molecule has 6 nitrogen and oxygen atoms in total. The number of nitrogens with zero attached hydrogens (tertiary/aromatic N) is 2. The van der Waals surface area contributed by atoms with E-state index in [1.807, 2.05) is 6.07 Å². The molecule has 0 aliphatic carbocycles. The summed E-state index contributed by atoms with van der Waals surface area (Å²) < 4.78 is 0. The van der Waals surface area contributed by atoms with Crippen LogP contribution in [0.1, 0.15) is 15.9 Å². The molecule has 1 heterocycles. The molecule has 1 saturated heterocycles. The zero-order valence-electron chi connectivity index (χ0n) is 13.5. The standard InChI is InChI=1S/C18H22N4O2/c19-15-10-14(18(23)24)11-16(20)17(15)22-8-6-21(7-9-22)12-13-4-2-1-3-5-13/h1-5,10-11H,6-9,12,19-20H2,(H,23,24). The van der Waals surface area contributed by atoms with Gasteiger partial charge in [0.1, 0.15) is 0 Å². The zero-order chi connectivity index (χ0) is 17.1. The number of aromatic carboxylic acids is 1. The summed E-state index contributed by atoms with van der Waals surface area (Å²) in [6.45, 7) is 4.38. The van der Waals surface area contributed by atoms with E-state index in [1.54, 1.807) is 0 Å². The average Bonchev–Trinajstić information content (AvgIpc) is 2.56. The van der Waals surface area contributed by atoms with Crippen LogP contribution in [-0.2, 0) is 6.54 Å². The second kappa shape index (κ2) is 6.80. The predicted octanol–water partition coefficient (Wildman–Crippen LogP) is 1.87. The van der Waals surface area contributed by atoms with Crippen molar-refractivity contribution in [2.24, 2.45) is 0 Å². The molecule has 0 radical (unpaired) electrons. The van der Waals surface area contributed by atoms with Crippen molar-refractivity contribution in [3.05, 3.63) is 53.6 Å². The Kier molecular flexibility index (Phi) is 4.57. The highest BCUT2D eigenvalue weighted by Crippen LogP contribution is 2.32. The number of nitrogen functional groups attached to an aromatic ring is 2. The zero-order valence-corrected chi connectivity index (χ0v) is 13.5. The number of nitrogens with two attached hydrogens (primary N) is 2. The molecule has 0 unspecified atom stereocenters. The Balaban J connectivity index is 1.67. The van der Waals surface area contributed by atoms with E-state index in [4.69, 9.17) is 16.6 Å². The van der Waals surface area contributed by atoms with Crippen LogP contribution in [0.2, 0.25) is 0 Å². The molecule has 5 N–H and O–H groups in total. The van der Waals surface area contributed by atoms with Gasteiger partial charge in [0.05, 0.1) is 22.6 Å². The van der Waals surface area contributed by atoms with Crippen molar-refractivity contribution < 1.29 is 9.90 Å². The topological polar surface area (TPSA) is 95.8 Å². The second-order valence-electron chi connectivity index (χ2n) is 6.06. The summed E-state index contributed by atoms with van der Waals surface area (Å²) in [6.07, 6.45) is 0. The summed E-state index contributed by atoms with van der Waals surface area (Å²) in [5.41, 5.74) is 15.1. The van der Waals surface area contributed by atoms with Crippen molar-refractivity contribution >= 4 is 23.0 Å². The lowest BCUT2D eigenvalue weighted by Crippen LogP contribution is -2.46. The molecule has 0 bridgehead atoms. The van der Waals surface area contributed by atoms with Gasteiger partial charge in [-0.2, -0.15) is 0 Å². The molecule has 1 aliphatic rings. The molecule has 1 aliphatic heterocycles.